The maximum absolute atomic E-state index is 11.0. The van der Waals surface area contributed by atoms with Crippen molar-refractivity contribution >= 4 is 23.5 Å². The van der Waals surface area contributed by atoms with Crippen molar-refractivity contribution < 1.29 is 9.59 Å². The van der Waals surface area contributed by atoms with Crippen molar-refractivity contribution in [3.05, 3.63) is 29.8 Å². The van der Waals surface area contributed by atoms with Crippen LogP contribution in [-0.2, 0) is 4.79 Å². The van der Waals surface area contributed by atoms with Crippen LogP contribution in [-0.4, -0.2) is 17.8 Å². The van der Waals surface area contributed by atoms with Crippen LogP contribution in [0.4, 0.5) is 10.5 Å². The fourth-order valence-electron chi connectivity index (χ4n) is 1.65. The van der Waals surface area contributed by atoms with E-state index in [1.165, 1.54) is 6.92 Å². The van der Waals surface area contributed by atoms with Crippen LogP contribution in [0.2, 0.25) is 0 Å². The van der Waals surface area contributed by atoms with Crippen molar-refractivity contribution in [1.82, 2.24) is 10.6 Å². The number of hydrogen-bond acceptors (Lipinski definition) is 3. The molecule has 17 heavy (non-hydrogen) atoms. The van der Waals surface area contributed by atoms with E-state index in [2.05, 4.69) is 16.0 Å². The number of carbonyl (C=O) groups excluding carboxylic acids is 2. The molecule has 0 aromatic heterocycles. The number of rotatable bonds is 2. The standard InChI is InChI=1S/C11H12N4O2/c1-6(16)13-8-4-2-7(3-5-8)9-10(12)15-11(17)14-9/h2-5,9H,1H3,(H,13,16)(H3,12,14,15,17). The SMILES string of the molecule is CC(=O)Nc1ccc(C2NC(=O)NC2=N)cc1. The van der Waals surface area contributed by atoms with E-state index >= 15 is 0 Å². The molecular formula is C11H12N4O2. The van der Waals surface area contributed by atoms with Gasteiger partial charge in [-0.25, -0.2) is 4.79 Å². The van der Waals surface area contributed by atoms with Crippen LogP contribution in [0.5, 0.6) is 0 Å². The Balaban J connectivity index is 2.15. The molecule has 88 valence electrons. The summed E-state index contributed by atoms with van der Waals surface area (Å²) < 4.78 is 0. The highest BCUT2D eigenvalue weighted by molar-refractivity contribution is 6.06. The Bertz CT molecular complexity index is 481. The van der Waals surface area contributed by atoms with Crippen LogP contribution in [0, 0.1) is 5.41 Å². The average molecular weight is 232 g/mol. The highest BCUT2D eigenvalue weighted by Gasteiger charge is 2.27. The number of nitrogens with one attached hydrogen (secondary N) is 4. The number of amides is 3. The topological polar surface area (TPSA) is 94.1 Å². The first kappa shape index (κ1) is 11.1. The molecule has 6 nitrogen and oxygen atoms in total. The smallest absolute Gasteiger partial charge is 0.321 e. The third-order valence-corrected chi connectivity index (χ3v) is 2.38. The van der Waals surface area contributed by atoms with Crippen LogP contribution >= 0.6 is 0 Å². The zero-order chi connectivity index (χ0) is 12.4. The molecule has 1 unspecified atom stereocenters. The molecule has 1 heterocycles. The molecule has 1 aliphatic heterocycles. The zero-order valence-electron chi connectivity index (χ0n) is 9.20. The Kier molecular flexibility index (Phi) is 2.78. The number of carbonyl (C=O) groups is 2. The summed E-state index contributed by atoms with van der Waals surface area (Å²) in [7, 11) is 0. The summed E-state index contributed by atoms with van der Waals surface area (Å²) in [5, 5.41) is 15.2. The predicted octanol–water partition coefficient (Wildman–Crippen LogP) is 0.976. The predicted molar refractivity (Wildman–Crippen MR) is 62.9 cm³/mol. The molecule has 1 atom stereocenters. The van der Waals surface area contributed by atoms with Gasteiger partial charge in [0.05, 0.1) is 0 Å². The van der Waals surface area contributed by atoms with E-state index < -0.39 is 6.04 Å². The van der Waals surface area contributed by atoms with E-state index in [4.69, 9.17) is 5.41 Å². The highest BCUT2D eigenvalue weighted by Crippen LogP contribution is 2.19. The van der Waals surface area contributed by atoms with E-state index in [-0.39, 0.29) is 17.8 Å². The molecule has 1 saturated heterocycles. The minimum Gasteiger partial charge on any atom is -0.326 e. The first-order valence-electron chi connectivity index (χ1n) is 5.10. The molecule has 1 aromatic carbocycles. The number of anilines is 1. The van der Waals surface area contributed by atoms with Crippen LogP contribution in [0.1, 0.15) is 18.5 Å². The molecule has 1 fully saturated rings. The molecule has 4 N–H and O–H groups in total. The second kappa shape index (κ2) is 4.25. The van der Waals surface area contributed by atoms with Crippen molar-refractivity contribution in [3.8, 4) is 0 Å². The second-order valence-electron chi connectivity index (χ2n) is 3.75. The molecule has 3 amide bonds. The molecule has 2 rings (SSSR count). The van der Waals surface area contributed by atoms with Gasteiger partial charge in [0.15, 0.2) is 0 Å². The van der Waals surface area contributed by atoms with Crippen molar-refractivity contribution in [2.45, 2.75) is 13.0 Å². The Morgan fingerprint density at radius 1 is 1.35 bits per heavy atom. The van der Waals surface area contributed by atoms with Gasteiger partial charge in [0.25, 0.3) is 0 Å². The molecule has 0 bridgehead atoms. The second-order valence-corrected chi connectivity index (χ2v) is 3.75. The maximum Gasteiger partial charge on any atom is 0.321 e. The van der Waals surface area contributed by atoms with E-state index in [1.807, 2.05) is 0 Å². The molecule has 0 aliphatic carbocycles. The molecule has 0 spiro atoms. The highest BCUT2D eigenvalue weighted by atomic mass is 16.2. The van der Waals surface area contributed by atoms with Crippen LogP contribution in [0.15, 0.2) is 24.3 Å². The van der Waals surface area contributed by atoms with E-state index in [0.29, 0.717) is 5.69 Å². The van der Waals surface area contributed by atoms with Gasteiger partial charge in [-0.05, 0) is 17.7 Å². The lowest BCUT2D eigenvalue weighted by molar-refractivity contribution is -0.114. The monoisotopic (exact) mass is 232 g/mol. The lowest BCUT2D eigenvalue weighted by Crippen LogP contribution is -2.22. The number of amidine groups is 1. The number of hydrogen-bond donors (Lipinski definition) is 4. The Morgan fingerprint density at radius 3 is 2.47 bits per heavy atom. The van der Waals surface area contributed by atoms with Crippen LogP contribution in [0.3, 0.4) is 0 Å². The Hall–Kier alpha value is -2.37. The summed E-state index contributed by atoms with van der Waals surface area (Å²) in [6.07, 6.45) is 0. The first-order valence-corrected chi connectivity index (χ1v) is 5.10. The fraction of sp³-hybridized carbons (Fsp3) is 0.182. The summed E-state index contributed by atoms with van der Waals surface area (Å²) in [6.45, 7) is 1.44. The molecule has 1 aromatic rings. The lowest BCUT2D eigenvalue weighted by Gasteiger charge is -2.10. The molecule has 6 heteroatoms. The van der Waals surface area contributed by atoms with Gasteiger partial charge in [-0.3, -0.25) is 15.5 Å². The van der Waals surface area contributed by atoms with Crippen molar-refractivity contribution in [3.63, 3.8) is 0 Å². The van der Waals surface area contributed by atoms with Gasteiger partial charge in [-0.2, -0.15) is 0 Å². The lowest BCUT2D eigenvalue weighted by atomic mass is 10.1. The molecule has 0 saturated carbocycles. The maximum atomic E-state index is 11.0. The van der Waals surface area contributed by atoms with Crippen LogP contribution < -0.4 is 16.0 Å². The fourth-order valence-corrected chi connectivity index (χ4v) is 1.65. The largest absolute Gasteiger partial charge is 0.326 e. The Labute approximate surface area is 97.9 Å². The third kappa shape index (κ3) is 2.41. The summed E-state index contributed by atoms with van der Waals surface area (Å²) in [5.74, 6) is -0.0106. The van der Waals surface area contributed by atoms with E-state index in [0.717, 1.165) is 5.56 Å². The van der Waals surface area contributed by atoms with Gasteiger partial charge in [-0.1, -0.05) is 12.1 Å². The summed E-state index contributed by atoms with van der Waals surface area (Å²) in [5.41, 5.74) is 1.48. The third-order valence-electron chi connectivity index (χ3n) is 2.38. The van der Waals surface area contributed by atoms with Gasteiger partial charge in [0.1, 0.15) is 11.9 Å². The van der Waals surface area contributed by atoms with E-state index in [1.54, 1.807) is 24.3 Å². The van der Waals surface area contributed by atoms with E-state index in [9.17, 15) is 9.59 Å². The Morgan fingerprint density at radius 2 is 2.00 bits per heavy atom. The molecular weight excluding hydrogens is 220 g/mol. The zero-order valence-corrected chi connectivity index (χ0v) is 9.20. The van der Waals surface area contributed by atoms with Crippen LogP contribution in [0.25, 0.3) is 0 Å². The average Bonchev–Trinajstić information content (AvgIpc) is 2.58. The molecule has 1 aliphatic rings. The minimum atomic E-state index is -0.436. The first-order chi connectivity index (χ1) is 8.06. The van der Waals surface area contributed by atoms with Gasteiger partial charge in [-0.15, -0.1) is 0 Å². The van der Waals surface area contributed by atoms with Crippen molar-refractivity contribution in [1.29, 1.82) is 5.41 Å². The number of urea groups is 1. The van der Waals surface area contributed by atoms with Crippen molar-refractivity contribution in [2.24, 2.45) is 0 Å². The summed E-state index contributed by atoms with van der Waals surface area (Å²) in [6, 6.07) is 6.18. The number of benzene rings is 1. The van der Waals surface area contributed by atoms with Crippen molar-refractivity contribution in [2.75, 3.05) is 5.32 Å². The van der Waals surface area contributed by atoms with Gasteiger partial charge in [0, 0.05) is 12.6 Å². The van der Waals surface area contributed by atoms with Gasteiger partial charge >= 0.3 is 6.03 Å². The molecule has 0 radical (unpaired) electrons. The van der Waals surface area contributed by atoms with Gasteiger partial charge < -0.3 is 10.6 Å². The summed E-state index contributed by atoms with van der Waals surface area (Å²) in [4.78, 5) is 21.9. The quantitative estimate of drug-likeness (QED) is 0.611. The normalized spacial score (nSPS) is 18.5. The minimum absolute atomic E-state index is 0.127. The summed E-state index contributed by atoms with van der Waals surface area (Å²) >= 11 is 0. The van der Waals surface area contributed by atoms with Gasteiger partial charge in [0.2, 0.25) is 5.91 Å².